The van der Waals surface area contributed by atoms with Gasteiger partial charge in [0.25, 0.3) is 5.91 Å². The normalized spacial score (nSPS) is 13.9. The van der Waals surface area contributed by atoms with Gasteiger partial charge in [0.1, 0.15) is 11.5 Å². The van der Waals surface area contributed by atoms with Gasteiger partial charge in [-0.3, -0.25) is 4.79 Å². The van der Waals surface area contributed by atoms with Crippen molar-refractivity contribution in [3.05, 3.63) is 52.6 Å². The zero-order valence-electron chi connectivity index (χ0n) is 17.3. The van der Waals surface area contributed by atoms with Crippen LogP contribution in [0.3, 0.4) is 0 Å². The highest BCUT2D eigenvalue weighted by molar-refractivity contribution is 6.00. The van der Waals surface area contributed by atoms with Crippen LogP contribution in [0.5, 0.6) is 0 Å². The van der Waals surface area contributed by atoms with Crippen LogP contribution in [0.4, 0.5) is 14.9 Å². The number of esters is 1. The van der Waals surface area contributed by atoms with Gasteiger partial charge in [-0.15, -0.1) is 0 Å². The number of aryl methyl sites for hydroxylation is 1. The molecular formula is C21H25FN4O4. The van der Waals surface area contributed by atoms with Crippen LogP contribution in [-0.4, -0.2) is 65.5 Å². The van der Waals surface area contributed by atoms with Gasteiger partial charge in [-0.05, 0) is 50.6 Å². The molecule has 1 aromatic carbocycles. The number of halogens is 1. The summed E-state index contributed by atoms with van der Waals surface area (Å²) in [6.45, 7) is 6.89. The van der Waals surface area contributed by atoms with E-state index < -0.39 is 5.97 Å². The zero-order chi connectivity index (χ0) is 21.8. The number of aromatic nitrogens is 1. The first-order valence-electron chi connectivity index (χ1n) is 9.78. The second-order valence-corrected chi connectivity index (χ2v) is 7.06. The van der Waals surface area contributed by atoms with E-state index in [9.17, 15) is 18.8 Å². The quantitative estimate of drug-likeness (QED) is 0.750. The summed E-state index contributed by atoms with van der Waals surface area (Å²) in [6, 6.07) is 5.23. The van der Waals surface area contributed by atoms with E-state index in [4.69, 9.17) is 4.74 Å². The minimum absolute atomic E-state index is 0.218. The molecule has 8 nitrogen and oxygen atoms in total. The van der Waals surface area contributed by atoms with Crippen LogP contribution < -0.4 is 5.32 Å². The molecule has 0 radical (unpaired) electrons. The molecule has 2 heterocycles. The molecule has 0 atom stereocenters. The van der Waals surface area contributed by atoms with Gasteiger partial charge < -0.3 is 24.8 Å². The van der Waals surface area contributed by atoms with Crippen molar-refractivity contribution in [2.24, 2.45) is 0 Å². The monoisotopic (exact) mass is 416 g/mol. The van der Waals surface area contributed by atoms with E-state index in [2.05, 4.69) is 10.3 Å². The van der Waals surface area contributed by atoms with Crippen LogP contribution >= 0.6 is 0 Å². The maximum atomic E-state index is 13.0. The number of urea groups is 1. The van der Waals surface area contributed by atoms with Crippen molar-refractivity contribution < 1.29 is 23.5 Å². The predicted molar refractivity (Wildman–Crippen MR) is 109 cm³/mol. The van der Waals surface area contributed by atoms with Crippen molar-refractivity contribution in [2.75, 3.05) is 38.1 Å². The lowest BCUT2D eigenvalue weighted by atomic mass is 10.1. The average molecular weight is 416 g/mol. The molecule has 1 aliphatic rings. The molecule has 30 heavy (non-hydrogen) atoms. The van der Waals surface area contributed by atoms with Crippen molar-refractivity contribution in [1.29, 1.82) is 0 Å². The first kappa shape index (κ1) is 21.4. The van der Waals surface area contributed by atoms with Crippen LogP contribution in [0.15, 0.2) is 24.3 Å². The Morgan fingerprint density at radius 2 is 1.67 bits per heavy atom. The summed E-state index contributed by atoms with van der Waals surface area (Å²) in [5, 5.41) is 2.72. The van der Waals surface area contributed by atoms with Gasteiger partial charge in [0, 0.05) is 37.6 Å². The fourth-order valence-corrected chi connectivity index (χ4v) is 3.48. The molecule has 3 rings (SSSR count). The van der Waals surface area contributed by atoms with Crippen molar-refractivity contribution in [3.63, 3.8) is 0 Å². The third-order valence-electron chi connectivity index (χ3n) is 5.08. The number of ether oxygens (including phenoxy) is 1. The minimum atomic E-state index is -0.454. The predicted octanol–water partition coefficient (Wildman–Crippen LogP) is 2.94. The second kappa shape index (κ2) is 8.98. The zero-order valence-corrected chi connectivity index (χ0v) is 17.3. The largest absolute Gasteiger partial charge is 0.462 e. The maximum absolute atomic E-state index is 13.0. The molecule has 0 aliphatic carbocycles. The topological polar surface area (TPSA) is 94.7 Å². The first-order chi connectivity index (χ1) is 14.3. The number of anilines is 1. The summed E-state index contributed by atoms with van der Waals surface area (Å²) in [7, 11) is 0. The SMILES string of the molecule is CCOC(=O)c1c(C)[nH]c(C(=O)N2CCN(C(=O)Nc3ccc(F)cc3)CC2)c1C. The molecule has 0 saturated carbocycles. The van der Waals surface area contributed by atoms with Gasteiger partial charge in [-0.2, -0.15) is 0 Å². The maximum Gasteiger partial charge on any atom is 0.340 e. The number of aromatic amines is 1. The molecule has 1 fully saturated rings. The summed E-state index contributed by atoms with van der Waals surface area (Å²) in [5.74, 6) is -1.05. The number of nitrogens with one attached hydrogen (secondary N) is 2. The fraction of sp³-hybridized carbons (Fsp3) is 0.381. The Labute approximate surface area is 174 Å². The second-order valence-electron chi connectivity index (χ2n) is 7.06. The summed E-state index contributed by atoms with van der Waals surface area (Å²) in [4.78, 5) is 43.8. The van der Waals surface area contributed by atoms with E-state index in [1.165, 1.54) is 24.3 Å². The summed E-state index contributed by atoms with van der Waals surface area (Å²) in [5.41, 5.74) is 2.40. The fourth-order valence-electron chi connectivity index (χ4n) is 3.48. The van der Waals surface area contributed by atoms with Gasteiger partial charge in [0.2, 0.25) is 0 Å². The molecule has 1 aliphatic heterocycles. The highest BCUT2D eigenvalue weighted by atomic mass is 19.1. The molecule has 0 spiro atoms. The van der Waals surface area contributed by atoms with Crippen molar-refractivity contribution in [2.45, 2.75) is 20.8 Å². The summed E-state index contributed by atoms with van der Waals surface area (Å²) in [6.07, 6.45) is 0. The van der Waals surface area contributed by atoms with Gasteiger partial charge in [-0.1, -0.05) is 0 Å². The van der Waals surface area contributed by atoms with Crippen LogP contribution in [0.25, 0.3) is 0 Å². The number of benzene rings is 1. The number of piperazine rings is 1. The van der Waals surface area contributed by atoms with E-state index >= 15 is 0 Å². The Bertz CT molecular complexity index is 947. The Hall–Kier alpha value is -3.36. The number of rotatable bonds is 4. The van der Waals surface area contributed by atoms with Gasteiger partial charge in [0.15, 0.2) is 0 Å². The Morgan fingerprint density at radius 1 is 1.07 bits per heavy atom. The number of H-pyrrole nitrogens is 1. The van der Waals surface area contributed by atoms with E-state index in [0.29, 0.717) is 54.4 Å². The molecular weight excluding hydrogens is 391 g/mol. The minimum Gasteiger partial charge on any atom is -0.462 e. The number of nitrogens with zero attached hydrogens (tertiary/aromatic N) is 2. The Kier molecular flexibility index (Phi) is 6.39. The van der Waals surface area contributed by atoms with Crippen LogP contribution in [-0.2, 0) is 4.74 Å². The number of hydrogen-bond donors (Lipinski definition) is 2. The standard InChI is InChI=1S/C21H25FN4O4/c1-4-30-20(28)17-13(2)18(23-14(17)3)19(27)25-9-11-26(12-10-25)21(29)24-16-7-5-15(22)6-8-16/h5-8,23H,4,9-12H2,1-3H3,(H,24,29). The van der Waals surface area contributed by atoms with Crippen molar-refractivity contribution in [3.8, 4) is 0 Å². The van der Waals surface area contributed by atoms with Gasteiger partial charge in [0.05, 0.1) is 12.2 Å². The van der Waals surface area contributed by atoms with Crippen molar-refractivity contribution >= 4 is 23.6 Å². The number of carbonyl (C=O) groups is 3. The number of carbonyl (C=O) groups excluding carboxylic acids is 3. The summed E-state index contributed by atoms with van der Waals surface area (Å²) >= 11 is 0. The van der Waals surface area contributed by atoms with E-state index in [1.807, 2.05) is 0 Å². The van der Waals surface area contributed by atoms with E-state index in [1.54, 1.807) is 30.6 Å². The highest BCUT2D eigenvalue weighted by Gasteiger charge is 2.29. The van der Waals surface area contributed by atoms with Crippen LogP contribution in [0.2, 0.25) is 0 Å². The van der Waals surface area contributed by atoms with E-state index in [0.717, 1.165) is 0 Å². The molecule has 2 N–H and O–H groups in total. The smallest absolute Gasteiger partial charge is 0.340 e. The third kappa shape index (κ3) is 4.45. The Balaban J connectivity index is 1.61. The lowest BCUT2D eigenvalue weighted by Gasteiger charge is -2.34. The van der Waals surface area contributed by atoms with Crippen molar-refractivity contribution in [1.82, 2.24) is 14.8 Å². The Morgan fingerprint density at radius 3 is 2.27 bits per heavy atom. The molecule has 0 unspecified atom stereocenters. The molecule has 9 heteroatoms. The molecule has 2 aromatic rings. The molecule has 1 saturated heterocycles. The van der Waals surface area contributed by atoms with Gasteiger partial charge >= 0.3 is 12.0 Å². The third-order valence-corrected chi connectivity index (χ3v) is 5.08. The molecule has 160 valence electrons. The first-order valence-corrected chi connectivity index (χ1v) is 9.78. The van der Waals surface area contributed by atoms with E-state index in [-0.39, 0.29) is 24.4 Å². The number of hydrogen-bond acceptors (Lipinski definition) is 4. The molecule has 1 aromatic heterocycles. The highest BCUT2D eigenvalue weighted by Crippen LogP contribution is 2.21. The lowest BCUT2D eigenvalue weighted by molar-refractivity contribution is 0.0525. The number of amides is 3. The average Bonchev–Trinajstić information content (AvgIpc) is 3.03. The van der Waals surface area contributed by atoms with Crippen LogP contribution in [0.1, 0.15) is 39.0 Å². The van der Waals surface area contributed by atoms with Gasteiger partial charge in [-0.25, -0.2) is 14.0 Å². The molecule has 3 amide bonds. The molecule has 0 bridgehead atoms. The lowest BCUT2D eigenvalue weighted by Crippen LogP contribution is -2.51. The summed E-state index contributed by atoms with van der Waals surface area (Å²) < 4.78 is 18.1. The van der Waals surface area contributed by atoms with Crippen LogP contribution in [0, 0.1) is 19.7 Å².